The second-order valence-electron chi connectivity index (χ2n) is 5.14. The van der Waals surface area contributed by atoms with Crippen LogP contribution in [0.3, 0.4) is 0 Å². The maximum Gasteiger partial charge on any atom is 0.334 e. The fraction of sp³-hybridized carbons (Fsp3) is 0.375. The number of amides is 5. The smallest absolute Gasteiger partial charge is 0.334 e. The molecule has 8 nitrogen and oxygen atoms in total. The van der Waals surface area contributed by atoms with Crippen molar-refractivity contribution in [1.82, 2.24) is 9.80 Å². The lowest BCUT2D eigenvalue weighted by Crippen LogP contribution is -2.39. The maximum absolute atomic E-state index is 12.0. The molecule has 1 fully saturated rings. The number of ether oxygens (including phenoxy) is 1. The van der Waals surface area contributed by atoms with Gasteiger partial charge >= 0.3 is 17.8 Å². The number of nitrogens with zero attached hydrogens (tertiary/aromatic N) is 2. The third-order valence-corrected chi connectivity index (χ3v) is 3.33. The van der Waals surface area contributed by atoms with E-state index in [1.807, 2.05) is 6.92 Å². The van der Waals surface area contributed by atoms with Gasteiger partial charge in [0.25, 0.3) is 0 Å². The molecule has 0 unspecified atom stereocenters. The van der Waals surface area contributed by atoms with Gasteiger partial charge in [0.15, 0.2) is 0 Å². The molecule has 1 aliphatic heterocycles. The van der Waals surface area contributed by atoms with Crippen molar-refractivity contribution >= 4 is 29.4 Å². The molecule has 24 heavy (non-hydrogen) atoms. The first-order valence-electron chi connectivity index (χ1n) is 7.68. The van der Waals surface area contributed by atoms with Gasteiger partial charge in [0.1, 0.15) is 12.3 Å². The normalized spacial score (nSPS) is 14.3. The van der Waals surface area contributed by atoms with Crippen LogP contribution in [0, 0.1) is 0 Å². The van der Waals surface area contributed by atoms with Crippen LogP contribution in [0.1, 0.15) is 20.3 Å². The zero-order valence-corrected chi connectivity index (χ0v) is 13.6. The highest BCUT2D eigenvalue weighted by atomic mass is 16.5. The Morgan fingerprint density at radius 1 is 1.04 bits per heavy atom. The van der Waals surface area contributed by atoms with E-state index in [9.17, 15) is 19.2 Å². The van der Waals surface area contributed by atoms with Crippen LogP contribution in [0.15, 0.2) is 24.3 Å². The van der Waals surface area contributed by atoms with E-state index in [0.717, 1.165) is 4.90 Å². The van der Waals surface area contributed by atoms with Crippen LogP contribution < -0.4 is 10.1 Å². The van der Waals surface area contributed by atoms with Gasteiger partial charge in [-0.05, 0) is 37.6 Å². The van der Waals surface area contributed by atoms with Gasteiger partial charge in [-0.3, -0.25) is 19.3 Å². The summed E-state index contributed by atoms with van der Waals surface area (Å²) < 4.78 is 5.29. The fourth-order valence-electron chi connectivity index (χ4n) is 2.26. The topological polar surface area (TPSA) is 96.0 Å². The van der Waals surface area contributed by atoms with Crippen molar-refractivity contribution in [3.8, 4) is 5.75 Å². The average molecular weight is 333 g/mol. The minimum atomic E-state index is -0.977. The predicted molar refractivity (Wildman–Crippen MR) is 85.4 cm³/mol. The van der Waals surface area contributed by atoms with Crippen LogP contribution in [0.5, 0.6) is 5.75 Å². The lowest BCUT2D eigenvalue weighted by Gasteiger charge is -2.14. The second-order valence-corrected chi connectivity index (χ2v) is 5.14. The summed E-state index contributed by atoms with van der Waals surface area (Å²) in [6.07, 6.45) is 0.539. The van der Waals surface area contributed by atoms with Gasteiger partial charge in [-0.25, -0.2) is 9.69 Å². The largest absolute Gasteiger partial charge is 0.494 e. The molecule has 1 aromatic carbocycles. The molecule has 5 amide bonds. The van der Waals surface area contributed by atoms with Crippen molar-refractivity contribution in [2.45, 2.75) is 20.3 Å². The van der Waals surface area contributed by atoms with Gasteiger partial charge in [-0.2, -0.15) is 0 Å². The summed E-state index contributed by atoms with van der Waals surface area (Å²) in [5.41, 5.74) is 0.499. The van der Waals surface area contributed by atoms with E-state index in [4.69, 9.17) is 4.74 Å². The SMILES string of the molecule is CCCN1C(=O)C(=O)N(CC(=O)Nc2ccc(OCC)cc2)C1=O. The standard InChI is InChI=1S/C16H19N3O5/c1-3-9-18-14(21)15(22)19(16(18)23)10-13(20)17-11-5-7-12(8-6-11)24-4-2/h5-8H,3-4,9-10H2,1-2H3,(H,17,20). The Morgan fingerprint density at radius 2 is 1.67 bits per heavy atom. The first kappa shape index (κ1) is 17.5. The van der Waals surface area contributed by atoms with Crippen LogP contribution in [0.25, 0.3) is 0 Å². The zero-order chi connectivity index (χ0) is 17.7. The molecule has 2 rings (SSSR count). The minimum Gasteiger partial charge on any atom is -0.494 e. The number of hydrogen-bond acceptors (Lipinski definition) is 5. The summed E-state index contributed by atoms with van der Waals surface area (Å²) in [5.74, 6) is -1.76. The van der Waals surface area contributed by atoms with Crippen LogP contribution in [-0.4, -0.2) is 53.2 Å². The van der Waals surface area contributed by atoms with Gasteiger partial charge in [-0.15, -0.1) is 0 Å². The third-order valence-electron chi connectivity index (χ3n) is 3.33. The molecule has 1 N–H and O–H groups in total. The van der Waals surface area contributed by atoms with E-state index in [1.54, 1.807) is 31.2 Å². The Bertz CT molecular complexity index is 656. The highest BCUT2D eigenvalue weighted by Gasteiger charge is 2.44. The number of anilines is 1. The lowest BCUT2D eigenvalue weighted by atomic mass is 10.3. The molecule has 1 saturated heterocycles. The summed E-state index contributed by atoms with van der Waals surface area (Å²) in [4.78, 5) is 49.1. The quantitative estimate of drug-likeness (QED) is 0.598. The van der Waals surface area contributed by atoms with Gasteiger partial charge in [-0.1, -0.05) is 6.92 Å². The number of carbonyl (C=O) groups excluding carboxylic acids is 4. The Kier molecular flexibility index (Phi) is 5.51. The molecule has 0 atom stereocenters. The Morgan fingerprint density at radius 3 is 2.25 bits per heavy atom. The van der Waals surface area contributed by atoms with Crippen molar-refractivity contribution < 1.29 is 23.9 Å². The highest BCUT2D eigenvalue weighted by Crippen LogP contribution is 2.16. The molecule has 0 spiro atoms. The number of imide groups is 2. The number of hydrogen-bond donors (Lipinski definition) is 1. The average Bonchev–Trinajstić information content (AvgIpc) is 2.75. The van der Waals surface area contributed by atoms with E-state index < -0.39 is 30.3 Å². The summed E-state index contributed by atoms with van der Waals surface area (Å²) in [5, 5.41) is 2.57. The molecule has 1 aliphatic rings. The predicted octanol–water partition coefficient (Wildman–Crippen LogP) is 1.22. The molecule has 0 bridgehead atoms. The molecule has 1 aromatic rings. The first-order chi connectivity index (χ1) is 11.5. The van der Waals surface area contributed by atoms with E-state index in [-0.39, 0.29) is 6.54 Å². The second kappa shape index (κ2) is 7.58. The summed E-state index contributed by atoms with van der Waals surface area (Å²) in [6.45, 7) is 3.83. The number of carbonyl (C=O) groups is 4. The van der Waals surface area contributed by atoms with Crippen molar-refractivity contribution in [3.05, 3.63) is 24.3 Å². The fourth-order valence-corrected chi connectivity index (χ4v) is 2.26. The van der Waals surface area contributed by atoms with Crippen molar-refractivity contribution in [2.24, 2.45) is 0 Å². The van der Waals surface area contributed by atoms with Crippen molar-refractivity contribution in [3.63, 3.8) is 0 Å². The molecular weight excluding hydrogens is 314 g/mol. The molecule has 128 valence electrons. The van der Waals surface area contributed by atoms with Gasteiger partial charge < -0.3 is 10.1 Å². The molecule has 0 radical (unpaired) electrons. The van der Waals surface area contributed by atoms with Gasteiger partial charge in [0.2, 0.25) is 5.91 Å². The minimum absolute atomic E-state index is 0.153. The van der Waals surface area contributed by atoms with E-state index in [2.05, 4.69) is 5.32 Å². The maximum atomic E-state index is 12.0. The molecule has 0 aliphatic carbocycles. The molecule has 0 aromatic heterocycles. The van der Waals surface area contributed by atoms with Crippen LogP contribution in [0.2, 0.25) is 0 Å². The summed E-state index contributed by atoms with van der Waals surface area (Å²) >= 11 is 0. The van der Waals surface area contributed by atoms with E-state index in [1.165, 1.54) is 0 Å². The van der Waals surface area contributed by atoms with Crippen LogP contribution >= 0.6 is 0 Å². The monoisotopic (exact) mass is 333 g/mol. The van der Waals surface area contributed by atoms with Crippen LogP contribution in [0.4, 0.5) is 10.5 Å². The first-order valence-corrected chi connectivity index (χ1v) is 7.68. The highest BCUT2D eigenvalue weighted by molar-refractivity contribution is 6.45. The van der Waals surface area contributed by atoms with E-state index >= 15 is 0 Å². The number of nitrogens with one attached hydrogen (secondary N) is 1. The van der Waals surface area contributed by atoms with Crippen molar-refractivity contribution in [1.29, 1.82) is 0 Å². The summed E-state index contributed by atoms with van der Waals surface area (Å²) in [6, 6.07) is 5.92. The molecule has 8 heteroatoms. The number of rotatable bonds is 7. The Hall–Kier alpha value is -2.90. The number of benzene rings is 1. The zero-order valence-electron chi connectivity index (χ0n) is 13.6. The van der Waals surface area contributed by atoms with Crippen LogP contribution in [-0.2, 0) is 14.4 Å². The molecule has 1 heterocycles. The third kappa shape index (κ3) is 3.70. The van der Waals surface area contributed by atoms with Gasteiger partial charge in [0, 0.05) is 12.2 Å². The lowest BCUT2D eigenvalue weighted by molar-refractivity contribution is -0.143. The number of urea groups is 1. The summed E-state index contributed by atoms with van der Waals surface area (Å²) in [7, 11) is 0. The molecular formula is C16H19N3O5. The van der Waals surface area contributed by atoms with E-state index in [0.29, 0.717) is 29.4 Å². The van der Waals surface area contributed by atoms with Crippen molar-refractivity contribution in [2.75, 3.05) is 25.0 Å². The Labute approximate surface area is 139 Å². The Balaban J connectivity index is 1.98. The van der Waals surface area contributed by atoms with Gasteiger partial charge in [0.05, 0.1) is 6.61 Å². The molecule has 0 saturated carbocycles.